The molecular weight excluding hydrogens is 397 g/mol. The van der Waals surface area contributed by atoms with E-state index >= 15 is 0 Å². The van der Waals surface area contributed by atoms with Gasteiger partial charge in [0.1, 0.15) is 5.82 Å². The Morgan fingerprint density at radius 3 is 2.27 bits per heavy atom. The topological polar surface area (TPSA) is 37.4 Å². The summed E-state index contributed by atoms with van der Waals surface area (Å²) in [5.41, 5.74) is 3.52. The lowest BCUT2D eigenvalue weighted by Crippen LogP contribution is -2.32. The summed E-state index contributed by atoms with van der Waals surface area (Å²) in [6, 6.07) is 20.0. The van der Waals surface area contributed by atoms with Gasteiger partial charge in [-0.05, 0) is 54.8 Å². The van der Waals surface area contributed by atoms with E-state index in [1.807, 2.05) is 19.1 Å². The summed E-state index contributed by atoms with van der Waals surface area (Å²) >= 11 is 0. The Labute approximate surface area is 177 Å². The van der Waals surface area contributed by atoms with Gasteiger partial charge in [-0.2, -0.15) is 0 Å². The SMILES string of the molecule is C=CCCN(c1ccccc1C(=C)c1ccc(F)cc1)S(=O)(=O)c1ccc(C)cc1. The van der Waals surface area contributed by atoms with Crippen molar-refractivity contribution in [1.29, 1.82) is 0 Å². The number of rotatable bonds is 8. The largest absolute Gasteiger partial charge is 0.265 e. The monoisotopic (exact) mass is 421 g/mol. The van der Waals surface area contributed by atoms with E-state index in [1.165, 1.54) is 16.4 Å². The fourth-order valence-corrected chi connectivity index (χ4v) is 4.67. The van der Waals surface area contributed by atoms with Gasteiger partial charge in [0.2, 0.25) is 0 Å². The lowest BCUT2D eigenvalue weighted by molar-refractivity contribution is 0.591. The summed E-state index contributed by atoms with van der Waals surface area (Å²) in [7, 11) is -3.80. The lowest BCUT2D eigenvalue weighted by atomic mass is 9.98. The molecule has 0 fully saturated rings. The standard InChI is InChI=1S/C25H24FNO2S/c1-4-5-18-27(30(28,29)23-16-10-19(2)11-17-23)25-9-7-6-8-24(25)20(3)21-12-14-22(26)15-13-21/h4,6-17H,1,3,5,18H2,2H3. The molecular formula is C25H24FNO2S. The Morgan fingerprint density at radius 1 is 1.00 bits per heavy atom. The van der Waals surface area contributed by atoms with Crippen molar-refractivity contribution in [2.75, 3.05) is 10.8 Å². The first kappa shape index (κ1) is 21.5. The summed E-state index contributed by atoms with van der Waals surface area (Å²) < 4.78 is 41.8. The van der Waals surface area contributed by atoms with E-state index in [4.69, 9.17) is 0 Å². The van der Waals surface area contributed by atoms with Crippen molar-refractivity contribution in [2.45, 2.75) is 18.2 Å². The summed E-state index contributed by atoms with van der Waals surface area (Å²) in [4.78, 5) is 0.222. The van der Waals surface area contributed by atoms with Crippen LogP contribution in [0.15, 0.2) is 96.9 Å². The molecule has 0 saturated heterocycles. The van der Waals surface area contributed by atoms with Gasteiger partial charge in [0.25, 0.3) is 10.0 Å². The first-order valence-electron chi connectivity index (χ1n) is 9.59. The summed E-state index contributed by atoms with van der Waals surface area (Å²) in [6.45, 7) is 10.0. The third-order valence-electron chi connectivity index (χ3n) is 4.84. The number of para-hydroxylation sites is 1. The van der Waals surface area contributed by atoms with Crippen LogP contribution in [0.1, 0.15) is 23.1 Å². The Kier molecular flexibility index (Phi) is 6.53. The van der Waals surface area contributed by atoms with Crippen LogP contribution in [0.3, 0.4) is 0 Å². The normalized spacial score (nSPS) is 11.1. The Hall–Kier alpha value is -3.18. The minimum atomic E-state index is -3.80. The molecule has 0 aliphatic heterocycles. The first-order valence-corrected chi connectivity index (χ1v) is 11.0. The van der Waals surface area contributed by atoms with Crippen molar-refractivity contribution >= 4 is 21.3 Å². The van der Waals surface area contributed by atoms with Gasteiger partial charge in [0.15, 0.2) is 0 Å². The highest BCUT2D eigenvalue weighted by molar-refractivity contribution is 7.92. The third kappa shape index (κ3) is 4.52. The van der Waals surface area contributed by atoms with E-state index in [0.717, 1.165) is 11.1 Å². The molecule has 0 aliphatic rings. The van der Waals surface area contributed by atoms with Crippen LogP contribution in [-0.2, 0) is 10.0 Å². The van der Waals surface area contributed by atoms with Crippen LogP contribution >= 0.6 is 0 Å². The van der Waals surface area contributed by atoms with E-state index in [9.17, 15) is 12.8 Å². The van der Waals surface area contributed by atoms with Gasteiger partial charge in [0, 0.05) is 12.1 Å². The van der Waals surface area contributed by atoms with Gasteiger partial charge >= 0.3 is 0 Å². The van der Waals surface area contributed by atoms with Crippen LogP contribution in [0.25, 0.3) is 5.57 Å². The maximum atomic E-state index is 13.5. The number of anilines is 1. The number of sulfonamides is 1. The molecule has 3 nitrogen and oxygen atoms in total. The van der Waals surface area contributed by atoms with Crippen LogP contribution < -0.4 is 4.31 Å². The molecule has 3 rings (SSSR count). The Bertz CT molecular complexity index is 1150. The van der Waals surface area contributed by atoms with Crippen LogP contribution in [0.5, 0.6) is 0 Å². The fourth-order valence-electron chi connectivity index (χ4n) is 3.17. The molecule has 3 aromatic carbocycles. The summed E-state index contributed by atoms with van der Waals surface area (Å²) in [6.07, 6.45) is 2.18. The molecule has 0 aromatic heterocycles. The zero-order valence-corrected chi connectivity index (χ0v) is 17.7. The van der Waals surface area contributed by atoms with Crippen molar-refractivity contribution in [2.24, 2.45) is 0 Å². The highest BCUT2D eigenvalue weighted by Crippen LogP contribution is 2.34. The van der Waals surface area contributed by atoms with Crippen molar-refractivity contribution in [3.8, 4) is 0 Å². The highest BCUT2D eigenvalue weighted by Gasteiger charge is 2.26. The van der Waals surface area contributed by atoms with Crippen LogP contribution in [0, 0.1) is 12.7 Å². The molecule has 0 heterocycles. The van der Waals surface area contributed by atoms with Gasteiger partial charge in [-0.25, -0.2) is 12.8 Å². The third-order valence-corrected chi connectivity index (χ3v) is 6.66. The molecule has 30 heavy (non-hydrogen) atoms. The van der Waals surface area contributed by atoms with Gasteiger partial charge in [-0.3, -0.25) is 4.31 Å². The van der Waals surface area contributed by atoms with Crippen molar-refractivity contribution in [1.82, 2.24) is 0 Å². The summed E-state index contributed by atoms with van der Waals surface area (Å²) in [5, 5.41) is 0. The van der Waals surface area contributed by atoms with E-state index in [0.29, 0.717) is 23.2 Å². The van der Waals surface area contributed by atoms with E-state index in [2.05, 4.69) is 13.2 Å². The Morgan fingerprint density at radius 2 is 1.63 bits per heavy atom. The number of hydrogen-bond donors (Lipinski definition) is 0. The maximum absolute atomic E-state index is 13.5. The molecule has 0 saturated carbocycles. The number of nitrogens with zero attached hydrogens (tertiary/aromatic N) is 1. The molecule has 0 N–H and O–H groups in total. The molecule has 154 valence electrons. The molecule has 0 aliphatic carbocycles. The minimum absolute atomic E-state index is 0.222. The zero-order chi connectivity index (χ0) is 21.7. The molecule has 0 atom stereocenters. The molecule has 0 bridgehead atoms. The van der Waals surface area contributed by atoms with E-state index in [-0.39, 0.29) is 17.3 Å². The van der Waals surface area contributed by atoms with Crippen molar-refractivity contribution < 1.29 is 12.8 Å². The van der Waals surface area contributed by atoms with Gasteiger partial charge in [-0.15, -0.1) is 6.58 Å². The lowest BCUT2D eigenvalue weighted by Gasteiger charge is -2.27. The van der Waals surface area contributed by atoms with Gasteiger partial charge in [0.05, 0.1) is 10.6 Å². The number of halogens is 1. The number of hydrogen-bond acceptors (Lipinski definition) is 2. The van der Waals surface area contributed by atoms with E-state index in [1.54, 1.807) is 54.6 Å². The smallest absolute Gasteiger partial charge is 0.264 e. The first-order chi connectivity index (χ1) is 14.3. The quantitative estimate of drug-likeness (QED) is 0.420. The highest BCUT2D eigenvalue weighted by atomic mass is 32.2. The van der Waals surface area contributed by atoms with Gasteiger partial charge < -0.3 is 0 Å². The maximum Gasteiger partial charge on any atom is 0.264 e. The number of benzene rings is 3. The van der Waals surface area contributed by atoms with Crippen molar-refractivity contribution in [3.05, 3.63) is 115 Å². The predicted octanol–water partition coefficient (Wildman–Crippen LogP) is 5.97. The van der Waals surface area contributed by atoms with Crippen LogP contribution in [-0.4, -0.2) is 15.0 Å². The molecule has 0 amide bonds. The van der Waals surface area contributed by atoms with Crippen LogP contribution in [0.4, 0.5) is 10.1 Å². The average molecular weight is 422 g/mol. The van der Waals surface area contributed by atoms with Crippen LogP contribution in [0.2, 0.25) is 0 Å². The Balaban J connectivity index is 2.11. The molecule has 0 spiro atoms. The second kappa shape index (κ2) is 9.09. The van der Waals surface area contributed by atoms with Crippen molar-refractivity contribution in [3.63, 3.8) is 0 Å². The second-order valence-electron chi connectivity index (χ2n) is 6.97. The number of aryl methyl sites for hydroxylation is 1. The predicted molar refractivity (Wildman–Crippen MR) is 122 cm³/mol. The zero-order valence-electron chi connectivity index (χ0n) is 16.9. The fraction of sp³-hybridized carbons (Fsp3) is 0.120. The van der Waals surface area contributed by atoms with Gasteiger partial charge in [-0.1, -0.05) is 60.7 Å². The molecule has 5 heteroatoms. The average Bonchev–Trinajstić information content (AvgIpc) is 2.74. The molecule has 3 aromatic rings. The van der Waals surface area contributed by atoms with E-state index < -0.39 is 10.0 Å². The minimum Gasteiger partial charge on any atom is -0.265 e. The molecule has 0 unspecified atom stereocenters. The molecule has 0 radical (unpaired) electrons. The second-order valence-corrected chi connectivity index (χ2v) is 8.83. The summed E-state index contributed by atoms with van der Waals surface area (Å²) in [5.74, 6) is -0.339.